The number of ketones is 1. The number of carbonyl (C=O) groups is 2. The number of likely N-dealkylation sites (tertiary alicyclic amines) is 1. The number of amides is 2. The molecule has 0 aromatic heterocycles. The first-order valence-electron chi connectivity index (χ1n) is 8.30. The molecule has 0 aliphatic carbocycles. The van der Waals surface area contributed by atoms with Gasteiger partial charge in [0, 0.05) is 30.6 Å². The largest absolute Gasteiger partial charge is 0.335 e. The lowest BCUT2D eigenvalue weighted by Gasteiger charge is -2.32. The Hall–Kier alpha value is -1.84. The van der Waals surface area contributed by atoms with E-state index in [1.54, 1.807) is 0 Å². The zero-order chi connectivity index (χ0) is 15.9. The number of nitrogens with zero attached hydrogens (tertiary/aromatic N) is 1. The molecule has 22 heavy (non-hydrogen) atoms. The second-order valence-electron chi connectivity index (χ2n) is 5.95. The molecule has 120 valence electrons. The van der Waals surface area contributed by atoms with E-state index in [-0.39, 0.29) is 23.8 Å². The molecule has 1 aliphatic heterocycles. The quantitative estimate of drug-likeness (QED) is 0.847. The molecule has 1 aliphatic rings. The molecule has 1 fully saturated rings. The maximum absolute atomic E-state index is 12.4. The number of benzene rings is 1. The van der Waals surface area contributed by atoms with Gasteiger partial charge in [0.15, 0.2) is 5.78 Å². The van der Waals surface area contributed by atoms with Gasteiger partial charge in [-0.25, -0.2) is 4.79 Å². The maximum atomic E-state index is 12.4. The van der Waals surface area contributed by atoms with Gasteiger partial charge in [-0.05, 0) is 25.7 Å². The normalized spacial score (nSPS) is 15.9. The standard InChI is InChI=1S/C18H26N2O2/c1-3-16(4-2)19-18(22)20-12-10-15(11-13-20)17(21)14-8-6-5-7-9-14/h5-9,15-16H,3-4,10-13H2,1-2H3,(H,19,22). The molecule has 0 bridgehead atoms. The number of carbonyl (C=O) groups excluding carboxylic acids is 2. The van der Waals surface area contributed by atoms with Crippen molar-refractivity contribution in [3.8, 4) is 0 Å². The van der Waals surface area contributed by atoms with Gasteiger partial charge in [-0.15, -0.1) is 0 Å². The van der Waals surface area contributed by atoms with E-state index in [4.69, 9.17) is 0 Å². The van der Waals surface area contributed by atoms with Crippen LogP contribution in [0.4, 0.5) is 4.79 Å². The van der Waals surface area contributed by atoms with Crippen molar-refractivity contribution in [2.75, 3.05) is 13.1 Å². The Kier molecular flexibility index (Phi) is 5.99. The molecule has 1 aromatic carbocycles. The number of rotatable bonds is 5. The average molecular weight is 302 g/mol. The number of nitrogens with one attached hydrogen (secondary N) is 1. The fourth-order valence-electron chi connectivity index (χ4n) is 2.94. The van der Waals surface area contributed by atoms with Crippen LogP contribution in [0.1, 0.15) is 49.9 Å². The van der Waals surface area contributed by atoms with Crippen LogP contribution in [0.25, 0.3) is 0 Å². The minimum atomic E-state index is 0.0133. The molecule has 0 saturated carbocycles. The van der Waals surface area contributed by atoms with Crippen LogP contribution in [0.2, 0.25) is 0 Å². The van der Waals surface area contributed by atoms with Gasteiger partial charge in [0.05, 0.1) is 0 Å². The molecule has 0 radical (unpaired) electrons. The Morgan fingerprint density at radius 3 is 2.27 bits per heavy atom. The van der Waals surface area contributed by atoms with Crippen LogP contribution in [-0.2, 0) is 0 Å². The Morgan fingerprint density at radius 2 is 1.73 bits per heavy atom. The minimum Gasteiger partial charge on any atom is -0.335 e. The first-order valence-corrected chi connectivity index (χ1v) is 8.30. The predicted octanol–water partition coefficient (Wildman–Crippen LogP) is 3.48. The van der Waals surface area contributed by atoms with Crippen LogP contribution < -0.4 is 5.32 Å². The summed E-state index contributed by atoms with van der Waals surface area (Å²) in [4.78, 5) is 26.5. The number of urea groups is 1. The van der Waals surface area contributed by atoms with E-state index in [2.05, 4.69) is 19.2 Å². The molecule has 1 saturated heterocycles. The predicted molar refractivity (Wildman–Crippen MR) is 88.0 cm³/mol. The van der Waals surface area contributed by atoms with Crippen molar-refractivity contribution in [2.24, 2.45) is 5.92 Å². The summed E-state index contributed by atoms with van der Waals surface area (Å²) in [5.74, 6) is 0.250. The van der Waals surface area contributed by atoms with Crippen molar-refractivity contribution >= 4 is 11.8 Å². The lowest BCUT2D eigenvalue weighted by Crippen LogP contribution is -2.48. The number of hydrogen-bond acceptors (Lipinski definition) is 2. The van der Waals surface area contributed by atoms with Crippen molar-refractivity contribution in [1.82, 2.24) is 10.2 Å². The highest BCUT2D eigenvalue weighted by Crippen LogP contribution is 2.22. The third-order valence-electron chi connectivity index (χ3n) is 4.52. The monoisotopic (exact) mass is 302 g/mol. The van der Waals surface area contributed by atoms with Crippen LogP contribution in [0.3, 0.4) is 0 Å². The van der Waals surface area contributed by atoms with Crippen LogP contribution in [0.15, 0.2) is 30.3 Å². The van der Waals surface area contributed by atoms with E-state index < -0.39 is 0 Å². The first kappa shape index (κ1) is 16.5. The summed E-state index contributed by atoms with van der Waals surface area (Å²) in [6, 6.07) is 9.71. The number of piperidine rings is 1. The summed E-state index contributed by atoms with van der Waals surface area (Å²) < 4.78 is 0. The van der Waals surface area contributed by atoms with E-state index in [1.807, 2.05) is 35.2 Å². The van der Waals surface area contributed by atoms with Gasteiger partial charge in [-0.3, -0.25) is 4.79 Å². The summed E-state index contributed by atoms with van der Waals surface area (Å²) in [5, 5.41) is 3.06. The van der Waals surface area contributed by atoms with Crippen LogP contribution in [-0.4, -0.2) is 35.8 Å². The Morgan fingerprint density at radius 1 is 1.14 bits per heavy atom. The lowest BCUT2D eigenvalue weighted by molar-refractivity contribution is 0.0853. The fourth-order valence-corrected chi connectivity index (χ4v) is 2.94. The molecule has 2 rings (SSSR count). The number of Topliss-reactive ketones (excluding diaryl/α,β-unsaturated/α-hetero) is 1. The summed E-state index contributed by atoms with van der Waals surface area (Å²) in [5.41, 5.74) is 0.780. The molecule has 4 heteroatoms. The van der Waals surface area contributed by atoms with Gasteiger partial charge in [0.2, 0.25) is 0 Å². The second-order valence-corrected chi connectivity index (χ2v) is 5.95. The van der Waals surface area contributed by atoms with Crippen LogP contribution in [0.5, 0.6) is 0 Å². The summed E-state index contributed by atoms with van der Waals surface area (Å²) in [7, 11) is 0. The van der Waals surface area contributed by atoms with E-state index in [0.29, 0.717) is 13.1 Å². The highest BCUT2D eigenvalue weighted by atomic mass is 16.2. The van der Waals surface area contributed by atoms with Crippen molar-refractivity contribution in [3.63, 3.8) is 0 Å². The zero-order valence-corrected chi connectivity index (χ0v) is 13.5. The highest BCUT2D eigenvalue weighted by Gasteiger charge is 2.28. The smallest absolute Gasteiger partial charge is 0.317 e. The summed E-state index contributed by atoms with van der Waals surface area (Å²) in [6.45, 7) is 5.49. The van der Waals surface area contributed by atoms with E-state index in [9.17, 15) is 9.59 Å². The second kappa shape index (κ2) is 7.97. The maximum Gasteiger partial charge on any atom is 0.317 e. The van der Waals surface area contributed by atoms with Gasteiger partial charge < -0.3 is 10.2 Å². The lowest BCUT2D eigenvalue weighted by atomic mass is 9.89. The van der Waals surface area contributed by atoms with Crippen LogP contribution in [0, 0.1) is 5.92 Å². The molecule has 0 atom stereocenters. The summed E-state index contributed by atoms with van der Waals surface area (Å²) in [6.07, 6.45) is 3.41. The molecule has 1 N–H and O–H groups in total. The topological polar surface area (TPSA) is 49.4 Å². The molecule has 1 aromatic rings. The molecular weight excluding hydrogens is 276 g/mol. The van der Waals surface area contributed by atoms with Gasteiger partial charge in [0.25, 0.3) is 0 Å². The SMILES string of the molecule is CCC(CC)NC(=O)N1CCC(C(=O)c2ccccc2)CC1. The molecule has 0 spiro atoms. The minimum absolute atomic E-state index is 0.0133. The van der Waals surface area contributed by atoms with Gasteiger partial charge in [0.1, 0.15) is 0 Å². The Balaban J connectivity index is 1.85. The van der Waals surface area contributed by atoms with Crippen LogP contribution >= 0.6 is 0 Å². The van der Waals surface area contributed by atoms with Gasteiger partial charge >= 0.3 is 6.03 Å². The third-order valence-corrected chi connectivity index (χ3v) is 4.52. The third kappa shape index (κ3) is 4.09. The van der Waals surface area contributed by atoms with Gasteiger partial charge in [-0.2, -0.15) is 0 Å². The van der Waals surface area contributed by atoms with E-state index in [0.717, 1.165) is 31.2 Å². The molecule has 2 amide bonds. The van der Waals surface area contributed by atoms with Gasteiger partial charge in [-0.1, -0.05) is 44.2 Å². The number of hydrogen-bond donors (Lipinski definition) is 1. The Labute approximate surface area is 132 Å². The zero-order valence-electron chi connectivity index (χ0n) is 13.5. The van der Waals surface area contributed by atoms with E-state index in [1.165, 1.54) is 0 Å². The van der Waals surface area contributed by atoms with E-state index >= 15 is 0 Å². The Bertz CT molecular complexity index is 489. The fraction of sp³-hybridized carbons (Fsp3) is 0.556. The van der Waals surface area contributed by atoms with Crippen molar-refractivity contribution in [2.45, 2.75) is 45.6 Å². The molecule has 0 unspecified atom stereocenters. The average Bonchev–Trinajstić information content (AvgIpc) is 2.59. The van der Waals surface area contributed by atoms with Crippen molar-refractivity contribution < 1.29 is 9.59 Å². The molecular formula is C18H26N2O2. The first-order chi connectivity index (χ1) is 10.7. The van der Waals surface area contributed by atoms with Crippen molar-refractivity contribution in [1.29, 1.82) is 0 Å². The summed E-state index contributed by atoms with van der Waals surface area (Å²) >= 11 is 0. The molecule has 4 nitrogen and oxygen atoms in total. The highest BCUT2D eigenvalue weighted by molar-refractivity contribution is 5.97. The molecule has 1 heterocycles. The van der Waals surface area contributed by atoms with Crippen molar-refractivity contribution in [3.05, 3.63) is 35.9 Å².